The number of carbonyl (C=O) groups excluding carboxylic acids is 1. The van der Waals surface area contributed by atoms with Crippen LogP contribution in [0.5, 0.6) is 0 Å². The molecule has 0 unspecified atom stereocenters. The zero-order valence-corrected chi connectivity index (χ0v) is 14.5. The average molecular weight is 363 g/mol. The van der Waals surface area contributed by atoms with E-state index in [9.17, 15) is 13.2 Å². The lowest BCUT2D eigenvalue weighted by atomic mass is 10.1. The Kier molecular flexibility index (Phi) is 5.08. The highest BCUT2D eigenvalue weighted by Gasteiger charge is 2.27. The molecule has 126 valence electrons. The largest absolute Gasteiger partial charge is 0.281 e. The number of thiophene rings is 1. The second-order valence-corrected chi connectivity index (χ2v) is 8.20. The fourth-order valence-electron chi connectivity index (χ4n) is 2.43. The summed E-state index contributed by atoms with van der Waals surface area (Å²) in [6.07, 6.45) is 1.02. The minimum absolute atomic E-state index is 0.239. The lowest BCUT2D eigenvalue weighted by Gasteiger charge is -2.26. The van der Waals surface area contributed by atoms with Crippen molar-refractivity contribution in [2.24, 2.45) is 5.10 Å². The lowest BCUT2D eigenvalue weighted by molar-refractivity contribution is 0.0958. The first-order valence-electron chi connectivity index (χ1n) is 7.52. The molecule has 1 fully saturated rings. The SMILES string of the molecule is O=C(NN=C1CCN(S(=O)(=O)c2ccccc2)CC1)c1cccs1. The summed E-state index contributed by atoms with van der Waals surface area (Å²) in [4.78, 5) is 12.7. The summed E-state index contributed by atoms with van der Waals surface area (Å²) in [7, 11) is -3.46. The monoisotopic (exact) mass is 363 g/mol. The van der Waals surface area contributed by atoms with Gasteiger partial charge in [0.15, 0.2) is 0 Å². The van der Waals surface area contributed by atoms with E-state index in [0.717, 1.165) is 5.71 Å². The molecular weight excluding hydrogens is 346 g/mol. The van der Waals surface area contributed by atoms with Crippen LogP contribution in [0.25, 0.3) is 0 Å². The maximum Gasteiger partial charge on any atom is 0.281 e. The van der Waals surface area contributed by atoms with E-state index in [4.69, 9.17) is 0 Å². The van der Waals surface area contributed by atoms with E-state index in [0.29, 0.717) is 35.7 Å². The van der Waals surface area contributed by atoms with E-state index >= 15 is 0 Å². The normalized spacial score (nSPS) is 15.9. The summed E-state index contributed by atoms with van der Waals surface area (Å²) in [5.41, 5.74) is 3.34. The number of carbonyl (C=O) groups is 1. The van der Waals surface area contributed by atoms with Crippen LogP contribution in [0.3, 0.4) is 0 Å². The van der Waals surface area contributed by atoms with Crippen LogP contribution in [0.4, 0.5) is 0 Å². The smallest absolute Gasteiger partial charge is 0.266 e. The van der Waals surface area contributed by atoms with Gasteiger partial charge in [-0.25, -0.2) is 13.8 Å². The van der Waals surface area contributed by atoms with Crippen molar-refractivity contribution in [3.05, 3.63) is 52.7 Å². The van der Waals surface area contributed by atoms with Crippen molar-refractivity contribution in [2.45, 2.75) is 17.7 Å². The molecule has 0 radical (unpaired) electrons. The van der Waals surface area contributed by atoms with Gasteiger partial charge in [0.05, 0.1) is 9.77 Å². The second kappa shape index (κ2) is 7.25. The standard InChI is InChI=1S/C16H17N3O3S2/c20-16(15-7-4-12-23-15)18-17-13-8-10-19(11-9-13)24(21,22)14-5-2-1-3-6-14/h1-7,12H,8-11H2,(H,18,20). The van der Waals surface area contributed by atoms with E-state index in [1.807, 2.05) is 5.38 Å². The number of nitrogens with one attached hydrogen (secondary N) is 1. The van der Waals surface area contributed by atoms with Crippen LogP contribution in [0.1, 0.15) is 22.5 Å². The van der Waals surface area contributed by atoms with Crippen LogP contribution in [-0.4, -0.2) is 37.4 Å². The third-order valence-corrected chi connectivity index (χ3v) is 6.52. The first kappa shape index (κ1) is 16.8. The predicted octanol–water partition coefficient (Wildman–Crippen LogP) is 2.32. The van der Waals surface area contributed by atoms with Crippen molar-refractivity contribution in [2.75, 3.05) is 13.1 Å². The van der Waals surface area contributed by atoms with Crippen molar-refractivity contribution < 1.29 is 13.2 Å². The molecule has 0 aliphatic carbocycles. The Morgan fingerprint density at radius 2 is 1.79 bits per heavy atom. The Labute approximate surface area is 144 Å². The van der Waals surface area contributed by atoms with Crippen molar-refractivity contribution in [1.82, 2.24) is 9.73 Å². The predicted molar refractivity (Wildman–Crippen MR) is 93.7 cm³/mol. The molecule has 0 spiro atoms. The Morgan fingerprint density at radius 3 is 2.42 bits per heavy atom. The summed E-state index contributed by atoms with van der Waals surface area (Å²) in [5.74, 6) is -0.239. The van der Waals surface area contributed by atoms with Gasteiger partial charge >= 0.3 is 0 Å². The summed E-state index contributed by atoms with van der Waals surface area (Å²) >= 11 is 1.35. The molecular formula is C16H17N3O3S2. The molecule has 2 aromatic rings. The summed E-state index contributed by atoms with van der Waals surface area (Å²) < 4.78 is 26.5. The van der Waals surface area contributed by atoms with Crippen molar-refractivity contribution in [1.29, 1.82) is 0 Å². The van der Waals surface area contributed by atoms with Crippen LogP contribution in [0.15, 0.2) is 57.8 Å². The zero-order chi connectivity index (χ0) is 17.0. The number of nitrogens with zero attached hydrogens (tertiary/aromatic N) is 2. The highest BCUT2D eigenvalue weighted by Crippen LogP contribution is 2.19. The van der Waals surface area contributed by atoms with Gasteiger partial charge in [0.2, 0.25) is 10.0 Å². The van der Waals surface area contributed by atoms with Crippen LogP contribution in [-0.2, 0) is 10.0 Å². The number of sulfonamides is 1. The highest BCUT2D eigenvalue weighted by atomic mass is 32.2. The molecule has 8 heteroatoms. The van der Waals surface area contributed by atoms with Crippen molar-refractivity contribution >= 4 is 33.0 Å². The van der Waals surface area contributed by atoms with Crippen LogP contribution < -0.4 is 5.43 Å². The molecule has 1 amide bonds. The molecule has 1 aliphatic rings. The molecule has 3 rings (SSSR count). The number of amides is 1. The zero-order valence-electron chi connectivity index (χ0n) is 12.9. The summed E-state index contributed by atoms with van der Waals surface area (Å²) in [6.45, 7) is 0.732. The van der Waals surface area contributed by atoms with Gasteiger partial charge in [0.25, 0.3) is 5.91 Å². The number of benzene rings is 1. The van der Waals surface area contributed by atoms with E-state index in [-0.39, 0.29) is 5.91 Å². The topological polar surface area (TPSA) is 78.8 Å². The minimum atomic E-state index is -3.46. The van der Waals surface area contributed by atoms with E-state index < -0.39 is 10.0 Å². The maximum absolute atomic E-state index is 12.5. The van der Waals surface area contributed by atoms with Crippen LogP contribution in [0, 0.1) is 0 Å². The molecule has 1 N–H and O–H groups in total. The number of hydrogen-bond donors (Lipinski definition) is 1. The Balaban J connectivity index is 1.60. The molecule has 1 aromatic heterocycles. The Morgan fingerprint density at radius 1 is 1.08 bits per heavy atom. The van der Waals surface area contributed by atoms with Crippen molar-refractivity contribution in [3.8, 4) is 0 Å². The van der Waals surface area contributed by atoms with Gasteiger partial charge in [0, 0.05) is 31.6 Å². The van der Waals surface area contributed by atoms with Crippen LogP contribution in [0.2, 0.25) is 0 Å². The van der Waals surface area contributed by atoms with Gasteiger partial charge in [0.1, 0.15) is 0 Å². The molecule has 24 heavy (non-hydrogen) atoms. The molecule has 0 saturated carbocycles. The minimum Gasteiger partial charge on any atom is -0.266 e. The van der Waals surface area contributed by atoms with E-state index in [2.05, 4.69) is 10.5 Å². The van der Waals surface area contributed by atoms with Crippen LogP contribution >= 0.6 is 11.3 Å². The van der Waals surface area contributed by atoms with Crippen molar-refractivity contribution in [3.63, 3.8) is 0 Å². The van der Waals surface area contributed by atoms with Gasteiger partial charge in [-0.2, -0.15) is 9.41 Å². The van der Waals surface area contributed by atoms with Gasteiger partial charge in [-0.1, -0.05) is 24.3 Å². The molecule has 1 saturated heterocycles. The number of piperidine rings is 1. The molecule has 0 bridgehead atoms. The Hall–Kier alpha value is -2.03. The summed E-state index contributed by atoms with van der Waals surface area (Å²) in [6, 6.07) is 11.9. The molecule has 2 heterocycles. The fraction of sp³-hybridized carbons (Fsp3) is 0.250. The van der Waals surface area contributed by atoms with E-state index in [1.54, 1.807) is 42.5 Å². The number of rotatable bonds is 4. The summed E-state index contributed by atoms with van der Waals surface area (Å²) in [5, 5.41) is 5.96. The molecule has 1 aliphatic heterocycles. The molecule has 0 atom stereocenters. The lowest BCUT2D eigenvalue weighted by Crippen LogP contribution is -2.39. The quantitative estimate of drug-likeness (QED) is 0.847. The maximum atomic E-state index is 12.5. The third-order valence-electron chi connectivity index (χ3n) is 3.74. The Bertz CT molecular complexity index is 821. The average Bonchev–Trinajstić information content (AvgIpc) is 3.15. The highest BCUT2D eigenvalue weighted by molar-refractivity contribution is 7.89. The fourth-order valence-corrected chi connectivity index (χ4v) is 4.51. The van der Waals surface area contributed by atoms with E-state index in [1.165, 1.54) is 15.6 Å². The first-order chi connectivity index (χ1) is 11.6. The van der Waals surface area contributed by atoms with Gasteiger partial charge in [-0.15, -0.1) is 11.3 Å². The third kappa shape index (κ3) is 3.72. The molecule has 1 aromatic carbocycles. The molecule has 6 nitrogen and oxygen atoms in total. The number of hydrogen-bond acceptors (Lipinski definition) is 5. The number of hydrazone groups is 1. The van der Waals surface area contributed by atoms with Gasteiger partial charge < -0.3 is 0 Å². The second-order valence-electron chi connectivity index (χ2n) is 5.31. The van der Waals surface area contributed by atoms with Gasteiger partial charge in [-0.05, 0) is 23.6 Å². The first-order valence-corrected chi connectivity index (χ1v) is 9.84. The van der Waals surface area contributed by atoms with Gasteiger partial charge in [-0.3, -0.25) is 4.79 Å².